The highest BCUT2D eigenvalue weighted by atomic mass is 16.6. The van der Waals surface area contributed by atoms with Crippen molar-refractivity contribution in [2.75, 3.05) is 13.2 Å². The average Bonchev–Trinajstić information content (AvgIpc) is 3.34. The molecule has 0 aromatic heterocycles. The fourth-order valence-electron chi connectivity index (χ4n) is 8.13. The Labute approximate surface area is 421 Å². The molecule has 0 aromatic rings. The maximum absolute atomic E-state index is 12.8. The first-order valence-electron chi connectivity index (χ1n) is 29.0. The molecule has 392 valence electrons. The number of carbonyl (C=O) groups excluding carboxylic acids is 3. The van der Waals surface area contributed by atoms with Gasteiger partial charge in [0, 0.05) is 19.3 Å². The fraction of sp³-hybridized carbons (Fsp3) is 0.758. The zero-order chi connectivity index (χ0) is 49.3. The lowest BCUT2D eigenvalue weighted by Crippen LogP contribution is -2.30. The predicted molar refractivity (Wildman–Crippen MR) is 293 cm³/mol. The number of unbranched alkanes of at least 4 members (excludes halogenated alkanes) is 30. The third kappa shape index (κ3) is 53.8. The summed E-state index contributed by atoms with van der Waals surface area (Å²) in [4.78, 5) is 38.2. The summed E-state index contributed by atoms with van der Waals surface area (Å²) >= 11 is 0. The Bertz CT molecular complexity index is 1270. The third-order valence-electron chi connectivity index (χ3n) is 12.5. The maximum Gasteiger partial charge on any atom is 0.306 e. The van der Waals surface area contributed by atoms with Gasteiger partial charge in [0.2, 0.25) is 0 Å². The molecule has 0 heterocycles. The molecule has 0 fully saturated rings. The van der Waals surface area contributed by atoms with Crippen LogP contribution in [0.25, 0.3) is 0 Å². The van der Waals surface area contributed by atoms with Crippen LogP contribution in [0.15, 0.2) is 72.9 Å². The number of ether oxygens (including phenoxy) is 3. The van der Waals surface area contributed by atoms with E-state index in [0.717, 1.165) is 96.3 Å². The van der Waals surface area contributed by atoms with Gasteiger partial charge in [-0.1, -0.05) is 254 Å². The summed E-state index contributed by atoms with van der Waals surface area (Å²) in [5, 5.41) is 0. The van der Waals surface area contributed by atoms with E-state index in [2.05, 4.69) is 93.7 Å². The van der Waals surface area contributed by atoms with E-state index in [1.165, 1.54) is 148 Å². The van der Waals surface area contributed by atoms with Crippen molar-refractivity contribution in [3.05, 3.63) is 72.9 Å². The molecule has 0 aliphatic heterocycles. The van der Waals surface area contributed by atoms with E-state index < -0.39 is 6.10 Å². The Morgan fingerprint density at radius 2 is 0.618 bits per heavy atom. The molecule has 0 saturated heterocycles. The molecule has 68 heavy (non-hydrogen) atoms. The van der Waals surface area contributed by atoms with Crippen molar-refractivity contribution in [1.82, 2.24) is 0 Å². The van der Waals surface area contributed by atoms with Crippen LogP contribution in [0.1, 0.15) is 284 Å². The lowest BCUT2D eigenvalue weighted by molar-refractivity contribution is -0.167. The highest BCUT2D eigenvalue weighted by Crippen LogP contribution is 2.16. The summed E-state index contributed by atoms with van der Waals surface area (Å²) < 4.78 is 16.8. The second kappa shape index (κ2) is 56.4. The molecule has 0 aliphatic carbocycles. The molecule has 0 amide bonds. The highest BCUT2D eigenvalue weighted by molar-refractivity contribution is 5.71. The second-order valence-corrected chi connectivity index (χ2v) is 19.2. The van der Waals surface area contributed by atoms with E-state index in [1.54, 1.807) is 0 Å². The van der Waals surface area contributed by atoms with Crippen molar-refractivity contribution in [3.63, 3.8) is 0 Å². The van der Waals surface area contributed by atoms with E-state index in [0.29, 0.717) is 19.3 Å². The first-order valence-corrected chi connectivity index (χ1v) is 29.0. The van der Waals surface area contributed by atoms with Gasteiger partial charge >= 0.3 is 17.9 Å². The minimum Gasteiger partial charge on any atom is -0.462 e. The summed E-state index contributed by atoms with van der Waals surface area (Å²) in [5.74, 6) is -0.924. The molecule has 0 saturated carbocycles. The molecule has 0 radical (unpaired) electrons. The van der Waals surface area contributed by atoms with Crippen LogP contribution in [0.5, 0.6) is 0 Å². The zero-order valence-electron chi connectivity index (χ0n) is 44.9. The smallest absolute Gasteiger partial charge is 0.306 e. The SMILES string of the molecule is CC/C=C\C/C=C\C/C=C\C/C=C\CCCCCC(=O)OC(COC(=O)CCCCCCCC/C=C\C=C/CCCCC)COC(=O)CCCCCCCCCCCCCCCCCCCCC. The monoisotopic (exact) mass is 949 g/mol. The van der Waals surface area contributed by atoms with Gasteiger partial charge < -0.3 is 14.2 Å². The Hall–Kier alpha value is -3.15. The van der Waals surface area contributed by atoms with Crippen molar-refractivity contribution in [3.8, 4) is 0 Å². The second-order valence-electron chi connectivity index (χ2n) is 19.2. The van der Waals surface area contributed by atoms with Gasteiger partial charge in [0.25, 0.3) is 0 Å². The van der Waals surface area contributed by atoms with Crippen molar-refractivity contribution in [1.29, 1.82) is 0 Å². The van der Waals surface area contributed by atoms with Crippen molar-refractivity contribution in [2.24, 2.45) is 0 Å². The molecule has 1 unspecified atom stereocenters. The quantitative estimate of drug-likeness (QED) is 0.0199. The Morgan fingerprint density at radius 3 is 1.03 bits per heavy atom. The van der Waals surface area contributed by atoms with Crippen LogP contribution in [0.2, 0.25) is 0 Å². The number of allylic oxidation sites excluding steroid dienone is 12. The van der Waals surface area contributed by atoms with E-state index in [4.69, 9.17) is 14.2 Å². The molecule has 0 spiro atoms. The summed E-state index contributed by atoms with van der Waals surface area (Å²) in [6, 6.07) is 0. The molecule has 0 aromatic carbocycles. The largest absolute Gasteiger partial charge is 0.462 e. The molecule has 6 heteroatoms. The number of hydrogen-bond acceptors (Lipinski definition) is 6. The Morgan fingerprint density at radius 1 is 0.324 bits per heavy atom. The van der Waals surface area contributed by atoms with Gasteiger partial charge in [-0.3, -0.25) is 14.4 Å². The van der Waals surface area contributed by atoms with Gasteiger partial charge in [-0.15, -0.1) is 0 Å². The Balaban J connectivity index is 4.41. The Kier molecular flexibility index (Phi) is 53.8. The van der Waals surface area contributed by atoms with Crippen molar-refractivity contribution >= 4 is 17.9 Å². The fourth-order valence-corrected chi connectivity index (χ4v) is 8.13. The van der Waals surface area contributed by atoms with Gasteiger partial charge in [0.05, 0.1) is 0 Å². The molecule has 0 aliphatic rings. The first kappa shape index (κ1) is 64.8. The van der Waals surface area contributed by atoms with E-state index in [-0.39, 0.29) is 31.1 Å². The topological polar surface area (TPSA) is 78.9 Å². The van der Waals surface area contributed by atoms with Gasteiger partial charge in [0.1, 0.15) is 13.2 Å². The standard InChI is InChI=1S/C62H108O6/c1-4-7-10-13-16-19-22-25-28-30-31-32-35-37-40-43-46-49-52-55-61(64)67-58-59(57-66-60(63)54-51-48-45-42-39-36-33-27-24-21-18-15-12-9-6-3)68-62(65)56-53-50-47-44-41-38-34-29-26-23-20-17-14-11-8-5-2/h8,11,17-18,20-21,24,26-27,29,38,41,59H,4-7,9-10,12-16,19,22-23,25,28,30-37,39-40,42-58H2,1-3H3/b11-8-,20-17-,21-18-,27-24-,29-26-,41-38-. The normalized spacial score (nSPS) is 12.6. The van der Waals surface area contributed by atoms with E-state index >= 15 is 0 Å². The minimum atomic E-state index is -0.796. The molecule has 1 atom stereocenters. The molecule has 0 rings (SSSR count). The van der Waals surface area contributed by atoms with Crippen LogP contribution in [-0.2, 0) is 28.6 Å². The van der Waals surface area contributed by atoms with Gasteiger partial charge in [0.15, 0.2) is 6.10 Å². The number of hydrogen-bond donors (Lipinski definition) is 0. The van der Waals surface area contributed by atoms with Gasteiger partial charge in [-0.2, -0.15) is 0 Å². The van der Waals surface area contributed by atoms with Crippen LogP contribution in [0, 0.1) is 0 Å². The molecule has 0 N–H and O–H groups in total. The van der Waals surface area contributed by atoms with Gasteiger partial charge in [-0.25, -0.2) is 0 Å². The number of rotatable bonds is 52. The summed E-state index contributed by atoms with van der Waals surface area (Å²) in [6.07, 6.45) is 71.8. The average molecular weight is 950 g/mol. The zero-order valence-corrected chi connectivity index (χ0v) is 44.9. The summed E-state index contributed by atoms with van der Waals surface area (Å²) in [5.41, 5.74) is 0. The van der Waals surface area contributed by atoms with Crippen LogP contribution < -0.4 is 0 Å². The van der Waals surface area contributed by atoms with Gasteiger partial charge in [-0.05, 0) is 83.5 Å². The minimum absolute atomic E-state index is 0.0900. The van der Waals surface area contributed by atoms with Crippen molar-refractivity contribution < 1.29 is 28.6 Å². The molecular weight excluding hydrogens is 841 g/mol. The van der Waals surface area contributed by atoms with Crippen LogP contribution in [0.3, 0.4) is 0 Å². The summed E-state index contributed by atoms with van der Waals surface area (Å²) in [6.45, 7) is 6.49. The van der Waals surface area contributed by atoms with Crippen molar-refractivity contribution in [2.45, 2.75) is 290 Å². The molecular formula is C62H108O6. The lowest BCUT2D eigenvalue weighted by atomic mass is 10.0. The number of esters is 3. The first-order chi connectivity index (χ1) is 33.5. The summed E-state index contributed by atoms with van der Waals surface area (Å²) in [7, 11) is 0. The molecule has 6 nitrogen and oxygen atoms in total. The van der Waals surface area contributed by atoms with Crippen LogP contribution in [-0.4, -0.2) is 37.2 Å². The lowest BCUT2D eigenvalue weighted by Gasteiger charge is -2.18. The van der Waals surface area contributed by atoms with Crippen LogP contribution >= 0.6 is 0 Å². The maximum atomic E-state index is 12.8. The van der Waals surface area contributed by atoms with E-state index in [1.807, 2.05) is 0 Å². The van der Waals surface area contributed by atoms with E-state index in [9.17, 15) is 14.4 Å². The molecule has 0 bridgehead atoms. The third-order valence-corrected chi connectivity index (χ3v) is 12.5. The number of carbonyl (C=O) groups is 3. The predicted octanol–water partition coefficient (Wildman–Crippen LogP) is 19.4. The van der Waals surface area contributed by atoms with Crippen LogP contribution in [0.4, 0.5) is 0 Å². The highest BCUT2D eigenvalue weighted by Gasteiger charge is 2.19.